The number of aliphatic hydroxyl groups is 1. The number of pyridine rings is 2. The number of nitrogens with one attached hydrogen (secondary N) is 3. The third-order valence-corrected chi connectivity index (χ3v) is 9.73. The van der Waals surface area contributed by atoms with E-state index in [-0.39, 0.29) is 46.6 Å². The van der Waals surface area contributed by atoms with Crippen molar-refractivity contribution in [1.82, 2.24) is 35.1 Å². The second kappa shape index (κ2) is 15.1. The zero-order valence-electron chi connectivity index (χ0n) is 27.7. The molecule has 5 heterocycles. The number of amides is 2. The lowest BCUT2D eigenvalue weighted by atomic mass is 10.1. The maximum Gasteiger partial charge on any atom is 0.415 e. The number of fused-ring (bicyclic) bond motifs is 1. The predicted molar refractivity (Wildman–Crippen MR) is 185 cm³/mol. The summed E-state index contributed by atoms with van der Waals surface area (Å²) in [4.78, 5) is 40.0. The van der Waals surface area contributed by atoms with Crippen LogP contribution in [-0.2, 0) is 31.4 Å². The molecule has 0 bridgehead atoms. The van der Waals surface area contributed by atoms with Crippen molar-refractivity contribution in [1.29, 1.82) is 0 Å². The van der Waals surface area contributed by atoms with Crippen molar-refractivity contribution < 1.29 is 32.6 Å². The molecular weight excluding hydrogens is 712 g/mol. The van der Waals surface area contributed by atoms with Gasteiger partial charge in [0.15, 0.2) is 11.9 Å². The van der Waals surface area contributed by atoms with Gasteiger partial charge in [0.2, 0.25) is 11.8 Å². The molecule has 0 saturated carbocycles. The number of rotatable bonds is 11. The SMILES string of the molecule is COc1nc(-c2ccnc(-c3cccc(NC(=O)c4nc5c(n4C)CCN(CC(O)C(F)(F)F)C5)c3Cl)c2Cl)ccc1CNCC1CCC(=O)N1. The van der Waals surface area contributed by atoms with Crippen LogP contribution in [0.3, 0.4) is 0 Å². The zero-order valence-corrected chi connectivity index (χ0v) is 29.2. The fraction of sp³-hybridized carbons (Fsp3) is 0.382. The minimum atomic E-state index is -4.73. The molecule has 4 N–H and O–H groups in total. The van der Waals surface area contributed by atoms with Gasteiger partial charge in [-0.15, -0.1) is 0 Å². The number of aliphatic hydroxyl groups excluding tert-OH is 1. The second-order valence-corrected chi connectivity index (χ2v) is 13.1. The topological polar surface area (TPSA) is 147 Å². The number of hydrogen-bond acceptors (Lipinski definition) is 9. The summed E-state index contributed by atoms with van der Waals surface area (Å²) in [5.74, 6) is -0.0405. The number of aromatic nitrogens is 4. The summed E-state index contributed by atoms with van der Waals surface area (Å²) in [5, 5.41) is 19.0. The van der Waals surface area contributed by atoms with Crippen molar-refractivity contribution in [2.45, 2.75) is 50.7 Å². The third kappa shape index (κ3) is 7.97. The monoisotopic (exact) mass is 746 g/mol. The smallest absolute Gasteiger partial charge is 0.415 e. The van der Waals surface area contributed by atoms with E-state index < -0.39 is 24.7 Å². The zero-order chi connectivity index (χ0) is 36.4. The molecule has 0 spiro atoms. The van der Waals surface area contributed by atoms with Crippen LogP contribution in [0.4, 0.5) is 18.9 Å². The van der Waals surface area contributed by atoms with E-state index in [1.54, 1.807) is 42.1 Å². The average molecular weight is 748 g/mol. The van der Waals surface area contributed by atoms with Crippen molar-refractivity contribution >= 4 is 40.7 Å². The summed E-state index contributed by atoms with van der Waals surface area (Å²) in [7, 11) is 3.20. The molecule has 12 nitrogen and oxygen atoms in total. The molecule has 1 fully saturated rings. The van der Waals surface area contributed by atoms with Gasteiger partial charge < -0.3 is 30.4 Å². The minimum Gasteiger partial charge on any atom is -0.481 e. The molecule has 0 radical (unpaired) electrons. The highest BCUT2D eigenvalue weighted by molar-refractivity contribution is 6.39. The van der Waals surface area contributed by atoms with Crippen molar-refractivity contribution in [2.75, 3.05) is 32.1 Å². The van der Waals surface area contributed by atoms with E-state index in [1.807, 2.05) is 12.1 Å². The van der Waals surface area contributed by atoms with E-state index in [9.17, 15) is 27.9 Å². The summed E-state index contributed by atoms with van der Waals surface area (Å²) in [6, 6.07) is 10.5. The molecule has 2 unspecified atom stereocenters. The van der Waals surface area contributed by atoms with E-state index in [4.69, 9.17) is 27.9 Å². The van der Waals surface area contributed by atoms with E-state index in [0.717, 1.165) is 17.7 Å². The lowest BCUT2D eigenvalue weighted by Crippen LogP contribution is -2.43. The number of nitrogens with zero attached hydrogens (tertiary/aromatic N) is 5. The number of anilines is 1. The summed E-state index contributed by atoms with van der Waals surface area (Å²) in [6.07, 6.45) is -3.95. The number of carbonyl (C=O) groups is 2. The number of alkyl halides is 3. The number of imidazole rings is 1. The number of carbonyl (C=O) groups excluding carboxylic acids is 2. The van der Waals surface area contributed by atoms with Crippen LogP contribution in [0.5, 0.6) is 5.88 Å². The first-order valence-corrected chi connectivity index (χ1v) is 16.9. The Kier molecular flexibility index (Phi) is 10.8. The van der Waals surface area contributed by atoms with Crippen LogP contribution in [0.1, 0.15) is 40.4 Å². The van der Waals surface area contributed by atoms with Gasteiger partial charge in [0.05, 0.1) is 39.9 Å². The normalized spacial score (nSPS) is 16.9. The van der Waals surface area contributed by atoms with Crippen LogP contribution in [0, 0.1) is 0 Å². The first-order valence-electron chi connectivity index (χ1n) is 16.1. The van der Waals surface area contributed by atoms with Gasteiger partial charge in [0.25, 0.3) is 5.91 Å². The molecule has 17 heteroatoms. The Labute approximate surface area is 301 Å². The molecule has 2 amide bonds. The molecule has 2 aliphatic heterocycles. The third-order valence-electron chi connectivity index (χ3n) is 8.94. The molecule has 2 aliphatic rings. The van der Waals surface area contributed by atoms with Crippen LogP contribution in [-0.4, -0.2) is 86.4 Å². The maximum atomic E-state index is 13.4. The van der Waals surface area contributed by atoms with Crippen LogP contribution < -0.4 is 20.7 Å². The molecule has 3 aromatic heterocycles. The van der Waals surface area contributed by atoms with Crippen LogP contribution in [0.2, 0.25) is 10.0 Å². The number of hydrogen-bond donors (Lipinski definition) is 4. The molecule has 4 aromatic rings. The lowest BCUT2D eigenvalue weighted by molar-refractivity contribution is -0.208. The lowest BCUT2D eigenvalue weighted by Gasteiger charge is -2.29. The summed E-state index contributed by atoms with van der Waals surface area (Å²) >= 11 is 13.8. The van der Waals surface area contributed by atoms with Gasteiger partial charge in [-0.25, -0.2) is 9.97 Å². The van der Waals surface area contributed by atoms with Crippen molar-refractivity contribution in [2.24, 2.45) is 7.05 Å². The molecular formula is C34H35Cl2F3N8O4. The van der Waals surface area contributed by atoms with E-state index in [0.29, 0.717) is 60.0 Å². The van der Waals surface area contributed by atoms with Crippen LogP contribution in [0.15, 0.2) is 42.6 Å². The fourth-order valence-corrected chi connectivity index (χ4v) is 6.82. The second-order valence-electron chi connectivity index (χ2n) is 12.4. The van der Waals surface area contributed by atoms with Crippen molar-refractivity contribution in [3.05, 3.63) is 75.4 Å². The van der Waals surface area contributed by atoms with Gasteiger partial charge in [-0.2, -0.15) is 13.2 Å². The highest BCUT2D eigenvalue weighted by atomic mass is 35.5. The number of benzene rings is 1. The van der Waals surface area contributed by atoms with Crippen molar-refractivity contribution in [3.8, 4) is 28.4 Å². The Morgan fingerprint density at radius 2 is 1.94 bits per heavy atom. The molecule has 6 rings (SSSR count). The molecule has 2 atom stereocenters. The Balaban J connectivity index is 1.18. The van der Waals surface area contributed by atoms with Gasteiger partial charge in [-0.3, -0.25) is 19.5 Å². The molecule has 0 aliphatic carbocycles. The Hall–Kier alpha value is -4.28. The first kappa shape index (κ1) is 36.5. The first-order chi connectivity index (χ1) is 24.3. The maximum absolute atomic E-state index is 13.4. The van der Waals surface area contributed by atoms with Gasteiger partial charge in [-0.1, -0.05) is 41.4 Å². The molecule has 1 saturated heterocycles. The summed E-state index contributed by atoms with van der Waals surface area (Å²) in [6.45, 7) is 0.850. The Morgan fingerprint density at radius 1 is 1.14 bits per heavy atom. The number of methoxy groups -OCH3 is 1. The Bertz CT molecular complexity index is 1960. The summed E-state index contributed by atoms with van der Waals surface area (Å²) < 4.78 is 45.9. The highest BCUT2D eigenvalue weighted by Gasteiger charge is 2.40. The van der Waals surface area contributed by atoms with Gasteiger partial charge in [-0.05, 0) is 24.6 Å². The van der Waals surface area contributed by atoms with Gasteiger partial charge in [0, 0.05) is 87.2 Å². The Morgan fingerprint density at radius 3 is 2.67 bits per heavy atom. The summed E-state index contributed by atoms with van der Waals surface area (Å²) in [5.41, 5.74) is 4.21. The molecule has 51 heavy (non-hydrogen) atoms. The van der Waals surface area contributed by atoms with Crippen LogP contribution >= 0.6 is 23.2 Å². The van der Waals surface area contributed by atoms with E-state index >= 15 is 0 Å². The predicted octanol–water partition coefficient (Wildman–Crippen LogP) is 4.76. The van der Waals surface area contributed by atoms with Crippen molar-refractivity contribution in [3.63, 3.8) is 0 Å². The molecule has 270 valence electrons. The van der Waals surface area contributed by atoms with E-state index in [2.05, 4.69) is 30.9 Å². The minimum absolute atomic E-state index is 0.0572. The largest absolute Gasteiger partial charge is 0.481 e. The van der Waals surface area contributed by atoms with E-state index in [1.165, 1.54) is 12.0 Å². The number of ether oxygens (including phenoxy) is 1. The fourth-order valence-electron chi connectivity index (χ4n) is 6.25. The number of halogens is 5. The van der Waals surface area contributed by atoms with Gasteiger partial charge >= 0.3 is 6.18 Å². The molecule has 1 aromatic carbocycles. The van der Waals surface area contributed by atoms with Crippen LogP contribution in [0.25, 0.3) is 22.5 Å². The quantitative estimate of drug-likeness (QED) is 0.171. The average Bonchev–Trinajstić information content (AvgIpc) is 3.67. The highest BCUT2D eigenvalue weighted by Crippen LogP contribution is 2.40. The van der Waals surface area contributed by atoms with Gasteiger partial charge in [0.1, 0.15) is 0 Å². The number of β-amino-alcohol motifs (C(OH)–C–C–N with tert-alkyl or cyclic N) is 1. The standard InChI is InChI=1S/C34H35Cl2F3N8O4/c1-46-25-11-13-47(17-26(48)34(37,38)39)16-24(25)43-31(46)32(50)44-23-5-3-4-21(28(23)35)30-29(36)20(10-12-41-30)22-8-6-18(33(45-22)51-2)14-40-15-19-7-9-27(49)42-19/h3-6,8,10,12,19,26,40,48H,7,9,11,13-17H2,1-2H3,(H,42,49)(H,44,50).